The third-order valence-electron chi connectivity index (χ3n) is 2.23. The van der Waals surface area contributed by atoms with E-state index in [1.54, 1.807) is 45.0 Å². The molecule has 0 heterocycles. The molecule has 0 atom stereocenters. The van der Waals surface area contributed by atoms with Gasteiger partial charge in [-0.15, -0.1) is 0 Å². The van der Waals surface area contributed by atoms with Crippen LogP contribution in [0.25, 0.3) is 6.08 Å². The highest BCUT2D eigenvalue weighted by Gasteiger charge is 2.14. The predicted octanol–water partition coefficient (Wildman–Crippen LogP) is 2.86. The Balaban J connectivity index is 2.91. The Morgan fingerprint density at radius 1 is 1.21 bits per heavy atom. The van der Waals surface area contributed by atoms with Crippen LogP contribution in [-0.4, -0.2) is 25.0 Å². The van der Waals surface area contributed by atoms with Crippen LogP contribution in [0.1, 0.15) is 36.7 Å². The predicted molar refractivity (Wildman–Crippen MR) is 73.3 cm³/mol. The van der Waals surface area contributed by atoms with Crippen LogP contribution in [0.3, 0.4) is 0 Å². The summed E-state index contributed by atoms with van der Waals surface area (Å²) < 4.78 is 10.2. The van der Waals surface area contributed by atoms with Gasteiger partial charge in [-0.25, -0.2) is 4.79 Å². The number of hydrogen-bond acceptors (Lipinski definition) is 4. The number of carbonyl (C=O) groups is 2. The molecule has 1 aromatic carbocycles. The van der Waals surface area contributed by atoms with Crippen molar-refractivity contribution in [3.05, 3.63) is 35.4 Å². The van der Waals surface area contributed by atoms with Crippen molar-refractivity contribution in [2.24, 2.45) is 0 Å². The van der Waals surface area contributed by atoms with E-state index in [9.17, 15) is 9.59 Å². The number of hydrogen-bond donors (Lipinski definition) is 0. The van der Waals surface area contributed by atoms with Gasteiger partial charge in [0.1, 0.15) is 11.4 Å². The molecule has 0 N–H and O–H groups in total. The average molecular weight is 262 g/mol. The van der Waals surface area contributed by atoms with E-state index >= 15 is 0 Å². The standard InChI is InChI=1S/C15H18O4/c1-15(2,3)19-14(17)8-6-11-9-13(18-4)7-5-12(11)10-16/h5-10H,1-4H3/b8-6+. The number of benzene rings is 1. The zero-order chi connectivity index (χ0) is 14.5. The first-order valence-corrected chi connectivity index (χ1v) is 5.90. The molecule has 0 aliphatic heterocycles. The van der Waals surface area contributed by atoms with Crippen molar-refractivity contribution >= 4 is 18.3 Å². The molecule has 1 aromatic rings. The van der Waals surface area contributed by atoms with Gasteiger partial charge >= 0.3 is 5.97 Å². The Bertz CT molecular complexity index is 495. The molecule has 0 saturated heterocycles. The third kappa shape index (κ3) is 4.95. The number of carbonyl (C=O) groups excluding carboxylic acids is 2. The van der Waals surface area contributed by atoms with Gasteiger partial charge in [0.05, 0.1) is 7.11 Å². The maximum Gasteiger partial charge on any atom is 0.331 e. The second-order valence-corrected chi connectivity index (χ2v) is 4.98. The SMILES string of the molecule is COc1ccc(C=O)c(/C=C/C(=O)OC(C)(C)C)c1. The normalized spacial score (nSPS) is 11.4. The van der Waals surface area contributed by atoms with Crippen LogP contribution in [-0.2, 0) is 9.53 Å². The van der Waals surface area contributed by atoms with Gasteiger partial charge in [0.25, 0.3) is 0 Å². The summed E-state index contributed by atoms with van der Waals surface area (Å²) in [6.45, 7) is 5.38. The summed E-state index contributed by atoms with van der Waals surface area (Å²) in [5.41, 5.74) is 0.560. The summed E-state index contributed by atoms with van der Waals surface area (Å²) in [4.78, 5) is 22.5. The smallest absolute Gasteiger partial charge is 0.331 e. The summed E-state index contributed by atoms with van der Waals surface area (Å²) >= 11 is 0. The van der Waals surface area contributed by atoms with Crippen LogP contribution in [0.15, 0.2) is 24.3 Å². The fraction of sp³-hybridized carbons (Fsp3) is 0.333. The highest BCUT2D eigenvalue weighted by Crippen LogP contribution is 2.18. The summed E-state index contributed by atoms with van der Waals surface area (Å²) in [6.07, 6.45) is 3.57. The maximum absolute atomic E-state index is 11.6. The van der Waals surface area contributed by atoms with Gasteiger partial charge in [-0.05, 0) is 50.6 Å². The van der Waals surface area contributed by atoms with Crippen LogP contribution in [0.5, 0.6) is 5.75 Å². The molecule has 0 radical (unpaired) electrons. The van der Waals surface area contributed by atoms with E-state index in [1.807, 2.05) is 0 Å². The van der Waals surface area contributed by atoms with Crippen molar-refractivity contribution in [2.45, 2.75) is 26.4 Å². The summed E-state index contributed by atoms with van der Waals surface area (Å²) in [6, 6.07) is 5.01. The lowest BCUT2D eigenvalue weighted by atomic mass is 10.1. The lowest BCUT2D eigenvalue weighted by Crippen LogP contribution is -2.22. The second kappa shape index (κ2) is 6.18. The van der Waals surface area contributed by atoms with Crippen molar-refractivity contribution in [3.8, 4) is 5.75 Å². The molecular formula is C15H18O4. The van der Waals surface area contributed by atoms with Gasteiger partial charge in [-0.3, -0.25) is 4.79 Å². The van der Waals surface area contributed by atoms with Gasteiger partial charge in [-0.2, -0.15) is 0 Å². The molecule has 19 heavy (non-hydrogen) atoms. The van der Waals surface area contributed by atoms with Crippen molar-refractivity contribution in [2.75, 3.05) is 7.11 Å². The number of aldehydes is 1. The van der Waals surface area contributed by atoms with E-state index in [2.05, 4.69) is 0 Å². The molecule has 102 valence electrons. The van der Waals surface area contributed by atoms with E-state index in [0.29, 0.717) is 16.9 Å². The van der Waals surface area contributed by atoms with E-state index in [4.69, 9.17) is 9.47 Å². The minimum absolute atomic E-state index is 0.452. The molecule has 0 bridgehead atoms. The minimum atomic E-state index is -0.538. The van der Waals surface area contributed by atoms with E-state index in [1.165, 1.54) is 13.2 Å². The zero-order valence-corrected chi connectivity index (χ0v) is 11.6. The van der Waals surface area contributed by atoms with Gasteiger partial charge in [0.15, 0.2) is 6.29 Å². The monoisotopic (exact) mass is 262 g/mol. The Labute approximate surface area is 113 Å². The first kappa shape index (κ1) is 15.0. The average Bonchev–Trinajstić information content (AvgIpc) is 2.33. The van der Waals surface area contributed by atoms with E-state index < -0.39 is 11.6 Å². The van der Waals surface area contributed by atoms with Crippen LogP contribution < -0.4 is 4.74 Å². The van der Waals surface area contributed by atoms with Gasteiger partial charge in [0, 0.05) is 11.6 Å². The summed E-state index contributed by atoms with van der Waals surface area (Å²) in [5.74, 6) is 0.168. The highest BCUT2D eigenvalue weighted by molar-refractivity contribution is 5.90. The lowest BCUT2D eigenvalue weighted by molar-refractivity contribution is -0.148. The van der Waals surface area contributed by atoms with Crippen molar-refractivity contribution in [1.82, 2.24) is 0 Å². The number of methoxy groups -OCH3 is 1. The molecule has 0 spiro atoms. The van der Waals surface area contributed by atoms with E-state index in [-0.39, 0.29) is 0 Å². The van der Waals surface area contributed by atoms with Gasteiger partial charge < -0.3 is 9.47 Å². The number of esters is 1. The molecule has 0 fully saturated rings. The fourth-order valence-electron chi connectivity index (χ4n) is 1.43. The molecular weight excluding hydrogens is 244 g/mol. The molecule has 0 aromatic heterocycles. The first-order chi connectivity index (χ1) is 8.85. The molecule has 0 unspecified atom stereocenters. The van der Waals surface area contributed by atoms with Crippen LogP contribution in [0.4, 0.5) is 0 Å². The molecule has 4 nitrogen and oxygen atoms in total. The lowest BCUT2D eigenvalue weighted by Gasteiger charge is -2.17. The third-order valence-corrected chi connectivity index (χ3v) is 2.23. The Morgan fingerprint density at radius 3 is 2.42 bits per heavy atom. The maximum atomic E-state index is 11.6. The Morgan fingerprint density at radius 2 is 1.89 bits per heavy atom. The number of ether oxygens (including phenoxy) is 2. The van der Waals surface area contributed by atoms with E-state index in [0.717, 1.165) is 6.29 Å². The first-order valence-electron chi connectivity index (χ1n) is 5.90. The van der Waals surface area contributed by atoms with Crippen LogP contribution >= 0.6 is 0 Å². The quantitative estimate of drug-likeness (QED) is 0.475. The fourth-order valence-corrected chi connectivity index (χ4v) is 1.43. The van der Waals surface area contributed by atoms with Gasteiger partial charge in [0.2, 0.25) is 0 Å². The second-order valence-electron chi connectivity index (χ2n) is 4.98. The largest absolute Gasteiger partial charge is 0.497 e. The molecule has 0 saturated carbocycles. The van der Waals surface area contributed by atoms with Crippen molar-refractivity contribution in [3.63, 3.8) is 0 Å². The molecule has 0 aliphatic carbocycles. The molecule has 4 heteroatoms. The minimum Gasteiger partial charge on any atom is -0.497 e. The highest BCUT2D eigenvalue weighted by atomic mass is 16.6. The number of rotatable bonds is 4. The molecule has 1 rings (SSSR count). The molecule has 0 amide bonds. The Hall–Kier alpha value is -2.10. The summed E-state index contributed by atoms with van der Waals surface area (Å²) in [5, 5.41) is 0. The van der Waals surface area contributed by atoms with Crippen LogP contribution in [0, 0.1) is 0 Å². The van der Waals surface area contributed by atoms with Crippen molar-refractivity contribution in [1.29, 1.82) is 0 Å². The zero-order valence-electron chi connectivity index (χ0n) is 11.6. The van der Waals surface area contributed by atoms with Crippen LogP contribution in [0.2, 0.25) is 0 Å². The van der Waals surface area contributed by atoms with Crippen molar-refractivity contribution < 1.29 is 19.1 Å². The van der Waals surface area contributed by atoms with Gasteiger partial charge in [-0.1, -0.05) is 0 Å². The topological polar surface area (TPSA) is 52.6 Å². The summed E-state index contributed by atoms with van der Waals surface area (Å²) in [7, 11) is 1.54. The molecule has 0 aliphatic rings. The Kier molecular flexibility index (Phi) is 4.87.